The Bertz CT molecular complexity index is 1050. The van der Waals surface area contributed by atoms with E-state index in [1.165, 1.54) is 11.3 Å². The van der Waals surface area contributed by atoms with Crippen LogP contribution in [0, 0.1) is 5.41 Å². The second kappa shape index (κ2) is 10.8. The van der Waals surface area contributed by atoms with Crippen LogP contribution in [0.15, 0.2) is 42.5 Å². The van der Waals surface area contributed by atoms with E-state index in [0.717, 1.165) is 46.0 Å². The Morgan fingerprint density at radius 3 is 2.65 bits per heavy atom. The molecule has 0 amide bonds. The molecule has 0 spiro atoms. The van der Waals surface area contributed by atoms with Crippen molar-refractivity contribution in [3.05, 3.63) is 58.6 Å². The lowest BCUT2D eigenvalue weighted by Crippen LogP contribution is -2.19. The smallest absolute Gasteiger partial charge is 0.311 e. The van der Waals surface area contributed by atoms with Crippen LogP contribution in [0.1, 0.15) is 28.5 Å². The van der Waals surface area contributed by atoms with Gasteiger partial charge in [0.05, 0.1) is 21.1 Å². The maximum atomic E-state index is 11.9. The molecule has 1 unspecified atom stereocenters. The zero-order valence-electron chi connectivity index (χ0n) is 16.5. The molecule has 0 aliphatic carbocycles. The zero-order valence-corrected chi connectivity index (χ0v) is 19.0. The molecule has 3 aromatic rings. The molecule has 166 valence electrons. The molecule has 0 radical (unpaired) electrons. The van der Waals surface area contributed by atoms with Crippen LogP contribution in [-0.4, -0.2) is 41.1 Å². The molecule has 1 aliphatic rings. The van der Waals surface area contributed by atoms with Crippen LogP contribution in [0.25, 0.3) is 10.2 Å². The first kappa shape index (κ1) is 24.9. The topological polar surface area (TPSA) is 121 Å². The predicted molar refractivity (Wildman–Crippen MR) is 128 cm³/mol. The molecule has 5 N–H and O–H groups in total. The molecule has 2 heterocycles. The van der Waals surface area contributed by atoms with Gasteiger partial charge in [0.15, 0.2) is 0 Å². The summed E-state index contributed by atoms with van der Waals surface area (Å²) in [5, 5.41) is 21.3. The number of carboxylic acid groups (broad SMARTS) is 1. The summed E-state index contributed by atoms with van der Waals surface area (Å²) in [6.07, 6.45) is 1.44. The van der Waals surface area contributed by atoms with E-state index < -0.39 is 11.9 Å². The zero-order chi connectivity index (χ0) is 20.4. The number of nitrogens with zero attached hydrogens (tertiary/aromatic N) is 1. The SMILES string of the molecule is Cl.Cl.N=C(N)c1ccc2nc(CC(C(=O)O)c3ccc(O[C@H]4CCNC4)cc3)sc2c1. The predicted octanol–water partition coefficient (Wildman–Crippen LogP) is 3.58. The second-order valence-corrected chi connectivity index (χ2v) is 8.22. The van der Waals surface area contributed by atoms with Crippen LogP contribution in [0.3, 0.4) is 0 Å². The Hall–Kier alpha value is -2.39. The molecular weight excluding hydrogens is 459 g/mol. The number of carbonyl (C=O) groups is 1. The van der Waals surface area contributed by atoms with Crippen molar-refractivity contribution in [2.45, 2.75) is 24.9 Å². The molecule has 0 saturated carbocycles. The molecule has 2 aromatic carbocycles. The summed E-state index contributed by atoms with van der Waals surface area (Å²) in [6.45, 7) is 1.79. The Morgan fingerprint density at radius 1 is 1.29 bits per heavy atom. The van der Waals surface area contributed by atoms with Crippen molar-refractivity contribution < 1.29 is 14.6 Å². The largest absolute Gasteiger partial charge is 0.489 e. The molecule has 4 rings (SSSR count). The van der Waals surface area contributed by atoms with E-state index in [0.29, 0.717) is 12.0 Å². The third-order valence-corrected chi connectivity index (χ3v) is 6.06. The van der Waals surface area contributed by atoms with E-state index in [-0.39, 0.29) is 36.8 Å². The number of halogens is 2. The van der Waals surface area contributed by atoms with Gasteiger partial charge in [0.1, 0.15) is 17.7 Å². The fraction of sp³-hybridized carbons (Fsp3) is 0.286. The fourth-order valence-corrected chi connectivity index (χ4v) is 4.50. The number of nitrogens with two attached hydrogens (primary N) is 1. The van der Waals surface area contributed by atoms with Gasteiger partial charge >= 0.3 is 5.97 Å². The second-order valence-electron chi connectivity index (χ2n) is 7.10. The highest BCUT2D eigenvalue weighted by Gasteiger charge is 2.23. The highest BCUT2D eigenvalue weighted by molar-refractivity contribution is 7.18. The lowest BCUT2D eigenvalue weighted by atomic mass is 9.96. The summed E-state index contributed by atoms with van der Waals surface area (Å²) in [4.78, 5) is 16.5. The average Bonchev–Trinajstić information content (AvgIpc) is 3.35. The number of aromatic nitrogens is 1. The van der Waals surface area contributed by atoms with Crippen LogP contribution in [0.2, 0.25) is 0 Å². The average molecular weight is 483 g/mol. The van der Waals surface area contributed by atoms with Crippen LogP contribution < -0.4 is 15.8 Å². The molecule has 7 nitrogen and oxygen atoms in total. The van der Waals surface area contributed by atoms with Crippen LogP contribution in [0.5, 0.6) is 5.75 Å². The van der Waals surface area contributed by atoms with Gasteiger partial charge in [0.2, 0.25) is 0 Å². The van der Waals surface area contributed by atoms with Crippen LogP contribution >= 0.6 is 36.2 Å². The number of rotatable bonds is 7. The van der Waals surface area contributed by atoms with Gasteiger partial charge in [-0.1, -0.05) is 12.1 Å². The summed E-state index contributed by atoms with van der Waals surface area (Å²) >= 11 is 1.44. The van der Waals surface area contributed by atoms with E-state index in [9.17, 15) is 9.90 Å². The van der Waals surface area contributed by atoms with Crippen LogP contribution in [-0.2, 0) is 11.2 Å². The highest BCUT2D eigenvalue weighted by Crippen LogP contribution is 2.29. The lowest BCUT2D eigenvalue weighted by molar-refractivity contribution is -0.138. The molecule has 10 heteroatoms. The van der Waals surface area contributed by atoms with E-state index in [1.807, 2.05) is 36.4 Å². The lowest BCUT2D eigenvalue weighted by Gasteiger charge is -2.15. The number of carboxylic acids is 1. The Morgan fingerprint density at radius 2 is 2.03 bits per heavy atom. The van der Waals surface area contributed by atoms with Crippen molar-refractivity contribution in [3.63, 3.8) is 0 Å². The summed E-state index contributed by atoms with van der Waals surface area (Å²) < 4.78 is 6.81. The van der Waals surface area contributed by atoms with Gasteiger partial charge < -0.3 is 20.9 Å². The number of hydrogen-bond donors (Lipinski definition) is 4. The number of nitrogen functional groups attached to an aromatic ring is 1. The number of thiazole rings is 1. The Balaban J connectivity index is 0.00000171. The first-order chi connectivity index (χ1) is 14.0. The van der Waals surface area contributed by atoms with Crippen molar-refractivity contribution in [1.29, 1.82) is 5.41 Å². The number of hydrogen-bond acceptors (Lipinski definition) is 6. The summed E-state index contributed by atoms with van der Waals surface area (Å²) in [6, 6.07) is 12.7. The van der Waals surface area contributed by atoms with Gasteiger partial charge in [-0.2, -0.15) is 0 Å². The van der Waals surface area contributed by atoms with Gasteiger partial charge in [0, 0.05) is 18.5 Å². The number of fused-ring (bicyclic) bond motifs is 1. The van der Waals surface area contributed by atoms with Gasteiger partial charge in [-0.15, -0.1) is 36.2 Å². The van der Waals surface area contributed by atoms with Crippen molar-refractivity contribution in [3.8, 4) is 5.75 Å². The Kier molecular flexibility index (Phi) is 8.64. The summed E-state index contributed by atoms with van der Waals surface area (Å²) in [5.41, 5.74) is 7.69. The quantitative estimate of drug-likeness (QED) is 0.301. The standard InChI is InChI=1S/C21H22N4O3S.2ClH/c22-20(23)13-3-6-17-18(9-13)29-19(25-17)10-16(21(26)27)12-1-4-14(5-2-12)28-15-7-8-24-11-15;;/h1-6,9,15-16,24H,7-8,10-11H2,(H3,22,23)(H,26,27);2*1H/t15-,16?;;/m0../s1. The maximum Gasteiger partial charge on any atom is 0.311 e. The monoisotopic (exact) mass is 482 g/mol. The van der Waals surface area contributed by atoms with E-state index in [1.54, 1.807) is 6.07 Å². The third-order valence-electron chi connectivity index (χ3n) is 5.02. The number of ether oxygens (including phenoxy) is 1. The number of amidine groups is 1. The molecule has 2 atom stereocenters. The van der Waals surface area contributed by atoms with Crippen molar-refractivity contribution in [1.82, 2.24) is 10.3 Å². The van der Waals surface area contributed by atoms with Crippen molar-refractivity contribution >= 4 is 58.2 Å². The van der Waals surface area contributed by atoms with Crippen molar-refractivity contribution in [2.24, 2.45) is 5.73 Å². The summed E-state index contributed by atoms with van der Waals surface area (Å²) in [5.74, 6) is -0.823. The first-order valence-corrected chi connectivity index (χ1v) is 10.3. The molecule has 1 aliphatic heterocycles. The van der Waals surface area contributed by atoms with Gasteiger partial charge in [0.25, 0.3) is 0 Å². The van der Waals surface area contributed by atoms with Gasteiger partial charge in [-0.05, 0) is 48.9 Å². The molecular formula is C21H24Cl2N4O3S. The molecule has 0 bridgehead atoms. The Labute approximate surface area is 196 Å². The minimum absolute atomic E-state index is 0. The molecule has 1 saturated heterocycles. The van der Waals surface area contributed by atoms with Gasteiger partial charge in [-0.3, -0.25) is 10.2 Å². The first-order valence-electron chi connectivity index (χ1n) is 9.43. The number of nitrogens with one attached hydrogen (secondary N) is 2. The maximum absolute atomic E-state index is 11.9. The van der Waals surface area contributed by atoms with Gasteiger partial charge in [-0.25, -0.2) is 4.98 Å². The summed E-state index contributed by atoms with van der Waals surface area (Å²) in [7, 11) is 0. The van der Waals surface area contributed by atoms with E-state index >= 15 is 0 Å². The number of aliphatic carboxylic acids is 1. The minimum atomic E-state index is -0.887. The normalized spacial score (nSPS) is 16.2. The van der Waals surface area contributed by atoms with E-state index in [4.69, 9.17) is 15.9 Å². The molecule has 1 fully saturated rings. The van der Waals surface area contributed by atoms with E-state index in [2.05, 4.69) is 10.3 Å². The molecule has 31 heavy (non-hydrogen) atoms. The highest BCUT2D eigenvalue weighted by atomic mass is 35.5. The third kappa shape index (κ3) is 5.86. The number of benzene rings is 2. The fourth-order valence-electron chi connectivity index (χ4n) is 3.45. The van der Waals surface area contributed by atoms with Crippen molar-refractivity contribution in [2.75, 3.05) is 13.1 Å². The van der Waals surface area contributed by atoms with Crippen LogP contribution in [0.4, 0.5) is 0 Å². The minimum Gasteiger partial charge on any atom is -0.489 e. The molecule has 1 aromatic heterocycles.